The van der Waals surface area contributed by atoms with E-state index in [1.807, 2.05) is 0 Å². The van der Waals surface area contributed by atoms with Crippen LogP contribution in [0.1, 0.15) is 193 Å². The summed E-state index contributed by atoms with van der Waals surface area (Å²) >= 11 is 0. The van der Waals surface area contributed by atoms with Gasteiger partial charge in [0.1, 0.15) is 0 Å². The number of halogens is 3. The van der Waals surface area contributed by atoms with Gasteiger partial charge in [0.2, 0.25) is 0 Å². The van der Waals surface area contributed by atoms with E-state index < -0.39 is 15.6 Å². The van der Waals surface area contributed by atoms with Crippen molar-refractivity contribution in [2.45, 2.75) is 232 Å². The molecule has 0 aromatic heterocycles. The van der Waals surface area contributed by atoms with Gasteiger partial charge in [-0.25, -0.2) is 0 Å². The van der Waals surface area contributed by atoms with E-state index in [1.54, 1.807) is 193 Å². The molecule has 6 saturated carbocycles. The normalized spacial score (nSPS) is 25.7. The van der Waals surface area contributed by atoms with Crippen LogP contribution in [0, 0.1) is 0 Å². The van der Waals surface area contributed by atoms with Gasteiger partial charge in [-0.1, -0.05) is 38.5 Å². The SMILES string of the molecule is C1CCC([PH+](C2CCCCC2)C2CCCCC2)CC1.C1CCC([PH+](C2CCCCC2)C2CCCCC2)CC1.O=S(=O)(O)C(F)(F)F.[Pd]. The van der Waals surface area contributed by atoms with Crippen molar-refractivity contribution < 1.29 is 46.6 Å². The minimum atomic E-state index is -5.84. The molecule has 0 radical (unpaired) electrons. The van der Waals surface area contributed by atoms with Crippen LogP contribution in [0.3, 0.4) is 0 Å². The second-order valence-electron chi connectivity index (χ2n) is 15.9. The molecule has 47 heavy (non-hydrogen) atoms. The predicted octanol–water partition coefficient (Wildman–Crippen LogP) is 12.8. The van der Waals surface area contributed by atoms with Crippen molar-refractivity contribution in [3.63, 3.8) is 0 Å². The summed E-state index contributed by atoms with van der Waals surface area (Å²) in [5.41, 5.74) is 1.83. The van der Waals surface area contributed by atoms with Crippen molar-refractivity contribution in [3.8, 4) is 0 Å². The van der Waals surface area contributed by atoms with Crippen molar-refractivity contribution in [1.82, 2.24) is 0 Å². The predicted molar refractivity (Wildman–Crippen MR) is 195 cm³/mol. The Bertz CT molecular complexity index is 780. The zero-order chi connectivity index (χ0) is 32.8. The Labute approximate surface area is 303 Å². The van der Waals surface area contributed by atoms with Crippen molar-refractivity contribution in [2.24, 2.45) is 0 Å². The Morgan fingerprint density at radius 2 is 0.511 bits per heavy atom. The first-order chi connectivity index (χ1) is 22.1. The fourth-order valence-corrected chi connectivity index (χ4v) is 21.1. The molecular formula is C37H69F3O3P2PdS+2. The van der Waals surface area contributed by atoms with Gasteiger partial charge in [0.05, 0.1) is 34.0 Å². The Balaban J connectivity index is 0.000000206. The van der Waals surface area contributed by atoms with Gasteiger partial charge < -0.3 is 0 Å². The Kier molecular flexibility index (Phi) is 20.3. The molecule has 0 aliphatic heterocycles. The molecule has 0 amide bonds. The molecule has 0 unspecified atom stereocenters. The monoisotopic (exact) mass is 818 g/mol. The number of rotatable bonds is 6. The Hall–Kier alpha value is 1.22. The van der Waals surface area contributed by atoms with E-state index in [4.69, 9.17) is 13.0 Å². The van der Waals surface area contributed by atoms with Crippen LogP contribution in [0.2, 0.25) is 0 Å². The summed E-state index contributed by atoms with van der Waals surface area (Å²) in [6.07, 6.45) is 47.6. The summed E-state index contributed by atoms with van der Waals surface area (Å²) in [6.45, 7) is 0. The molecular weight excluding hydrogens is 750 g/mol. The van der Waals surface area contributed by atoms with Gasteiger partial charge in [-0.05, 0) is 154 Å². The first kappa shape index (κ1) is 42.6. The van der Waals surface area contributed by atoms with Gasteiger partial charge in [-0.3, -0.25) is 4.55 Å². The van der Waals surface area contributed by atoms with Crippen molar-refractivity contribution in [1.29, 1.82) is 0 Å². The standard InChI is InChI=1S/2C18H33P.CHF3O3S.Pd/c2*1-4-10-16(11-5-1)19(17-12-6-2-7-13-17)18-14-8-3-9-15-18;2-1(3,4)8(5,6)7;/h2*16-18H,1-15H2;(H,5,6,7);/p+2. The van der Waals surface area contributed by atoms with Crippen LogP contribution in [-0.2, 0) is 30.5 Å². The molecule has 3 nitrogen and oxygen atoms in total. The third-order valence-electron chi connectivity index (χ3n) is 12.8. The van der Waals surface area contributed by atoms with E-state index in [-0.39, 0.29) is 36.3 Å². The van der Waals surface area contributed by atoms with E-state index in [0.29, 0.717) is 0 Å². The van der Waals surface area contributed by atoms with Crippen LogP contribution >= 0.6 is 15.8 Å². The smallest absolute Gasteiger partial charge is 0.279 e. The van der Waals surface area contributed by atoms with E-state index in [0.717, 1.165) is 0 Å². The number of alkyl halides is 3. The largest absolute Gasteiger partial charge is 0.522 e. The number of hydrogen-bond donors (Lipinski definition) is 1. The maximum Gasteiger partial charge on any atom is 0.522 e. The molecule has 1 N–H and O–H groups in total. The zero-order valence-corrected chi connectivity index (χ0v) is 33.7. The zero-order valence-electron chi connectivity index (χ0n) is 29.3. The Morgan fingerprint density at radius 1 is 0.383 bits per heavy atom. The van der Waals surface area contributed by atoms with Crippen molar-refractivity contribution in [2.75, 3.05) is 0 Å². The van der Waals surface area contributed by atoms with Crippen LogP contribution in [0.5, 0.6) is 0 Å². The second-order valence-corrected chi connectivity index (χ2v) is 24.2. The van der Waals surface area contributed by atoms with E-state index in [9.17, 15) is 13.2 Å². The summed E-state index contributed by atoms with van der Waals surface area (Å²) in [6, 6.07) is 0. The average Bonchev–Trinajstić information content (AvgIpc) is 3.08. The Morgan fingerprint density at radius 3 is 0.617 bits per heavy atom. The minimum absolute atomic E-state index is 0. The molecule has 0 saturated heterocycles. The molecule has 6 rings (SSSR count). The summed E-state index contributed by atoms with van der Waals surface area (Å²) in [4.78, 5) is 0. The van der Waals surface area contributed by atoms with Crippen molar-refractivity contribution >= 4 is 26.0 Å². The molecule has 10 heteroatoms. The maximum absolute atomic E-state index is 10.7. The first-order valence-electron chi connectivity index (χ1n) is 19.9. The molecule has 280 valence electrons. The molecule has 0 aromatic carbocycles. The van der Waals surface area contributed by atoms with Gasteiger partial charge in [0.25, 0.3) is 0 Å². The average molecular weight is 819 g/mol. The summed E-state index contributed by atoms with van der Waals surface area (Å²) in [7, 11) is -5.93. The topological polar surface area (TPSA) is 54.4 Å². The third kappa shape index (κ3) is 14.3. The quantitative estimate of drug-likeness (QED) is 0.126. The van der Waals surface area contributed by atoms with E-state index in [1.165, 1.54) is 34.0 Å². The molecule has 6 aliphatic rings. The van der Waals surface area contributed by atoms with Crippen LogP contribution in [0.15, 0.2) is 0 Å². The minimum Gasteiger partial charge on any atom is -0.279 e. The molecule has 6 aliphatic carbocycles. The van der Waals surface area contributed by atoms with E-state index in [2.05, 4.69) is 0 Å². The van der Waals surface area contributed by atoms with E-state index >= 15 is 0 Å². The second kappa shape index (κ2) is 22.3. The fraction of sp³-hybridized carbons (Fsp3) is 1.00. The summed E-state index contributed by atoms with van der Waals surface area (Å²) in [5.74, 6) is 0. The molecule has 0 bridgehead atoms. The summed E-state index contributed by atoms with van der Waals surface area (Å²) in [5, 5.41) is 0. The molecule has 0 spiro atoms. The van der Waals surface area contributed by atoms with Gasteiger partial charge >= 0.3 is 15.6 Å². The van der Waals surface area contributed by atoms with Gasteiger partial charge in [-0.2, -0.15) is 21.6 Å². The molecule has 0 atom stereocenters. The molecule has 0 aromatic rings. The van der Waals surface area contributed by atoms with Gasteiger partial charge in [-0.15, -0.1) is 0 Å². The first-order valence-corrected chi connectivity index (χ1v) is 24.8. The van der Waals surface area contributed by atoms with Crippen LogP contribution in [0.25, 0.3) is 0 Å². The van der Waals surface area contributed by atoms with Gasteiger partial charge in [0.15, 0.2) is 0 Å². The summed E-state index contributed by atoms with van der Waals surface area (Å²) < 4.78 is 57.5. The van der Waals surface area contributed by atoms with Crippen molar-refractivity contribution in [3.05, 3.63) is 0 Å². The fourth-order valence-electron chi connectivity index (χ4n) is 10.6. The van der Waals surface area contributed by atoms with Crippen LogP contribution in [-0.4, -0.2) is 52.4 Å². The third-order valence-corrected chi connectivity index (χ3v) is 22.5. The molecule has 0 heterocycles. The van der Waals surface area contributed by atoms with Crippen LogP contribution < -0.4 is 0 Å². The van der Waals surface area contributed by atoms with Crippen LogP contribution in [0.4, 0.5) is 13.2 Å². The van der Waals surface area contributed by atoms with Gasteiger partial charge in [0, 0.05) is 36.3 Å². The number of hydrogen-bond acceptors (Lipinski definition) is 2. The molecule has 6 fully saturated rings. The maximum atomic E-state index is 10.7.